The number of nitrogens with one attached hydrogen (secondary N) is 1. The summed E-state index contributed by atoms with van der Waals surface area (Å²) in [7, 11) is 0. The van der Waals surface area contributed by atoms with Crippen molar-refractivity contribution in [2.45, 2.75) is 31.4 Å². The predicted octanol–water partition coefficient (Wildman–Crippen LogP) is 2.52. The van der Waals surface area contributed by atoms with Crippen molar-refractivity contribution in [3.63, 3.8) is 0 Å². The molecular formula is C24H24FN5O3. The van der Waals surface area contributed by atoms with E-state index in [1.165, 1.54) is 12.1 Å². The molecule has 2 aromatic heterocycles. The zero-order valence-corrected chi connectivity index (χ0v) is 17.9. The van der Waals surface area contributed by atoms with Gasteiger partial charge in [-0.25, -0.2) is 9.37 Å². The quantitative estimate of drug-likeness (QED) is 0.419. The molecule has 5 rings (SSSR count). The molecule has 1 saturated heterocycles. The molecule has 170 valence electrons. The first-order valence-corrected chi connectivity index (χ1v) is 10.9. The third kappa shape index (κ3) is 4.07. The van der Waals surface area contributed by atoms with E-state index < -0.39 is 12.0 Å². The first-order chi connectivity index (χ1) is 15.9. The number of aromatic amines is 1. The number of carbonyl (C=O) groups is 2. The molecular weight excluding hydrogens is 425 g/mol. The Morgan fingerprint density at radius 3 is 2.85 bits per heavy atom. The molecule has 0 saturated carbocycles. The molecule has 1 aliphatic heterocycles. The highest BCUT2D eigenvalue weighted by atomic mass is 19.1. The lowest BCUT2D eigenvalue weighted by atomic mass is 10.1. The second kappa shape index (κ2) is 8.32. The number of nitrogens with zero attached hydrogens (tertiary/aromatic N) is 3. The number of aliphatic hydroxyl groups excluding tert-OH is 1. The van der Waals surface area contributed by atoms with Gasteiger partial charge in [0.05, 0.1) is 23.2 Å². The Bertz CT molecular complexity index is 1360. The standard InChI is InChI=1S/C24H24FN5O3/c25-16-5-6-17-18(11-16)28-22(27-17)2-1-3-23(32)29-12-20(21(31)13-29)30-9-8-14-10-15(24(26)33)4-7-19(14)30/h4-11,20-21,31H,1-3,12-13H2,(H2,26,33)(H,27,28)/t20-,21-/m1/s1. The molecule has 4 N–H and O–H groups in total. The molecule has 0 bridgehead atoms. The number of hydrogen-bond acceptors (Lipinski definition) is 4. The van der Waals surface area contributed by atoms with Gasteiger partial charge in [-0.3, -0.25) is 9.59 Å². The Morgan fingerprint density at radius 2 is 2.03 bits per heavy atom. The first-order valence-electron chi connectivity index (χ1n) is 10.9. The van der Waals surface area contributed by atoms with Crippen LogP contribution in [0.1, 0.15) is 35.1 Å². The number of primary amides is 1. The minimum atomic E-state index is -0.689. The average molecular weight is 449 g/mol. The Morgan fingerprint density at radius 1 is 1.18 bits per heavy atom. The number of aryl methyl sites for hydroxylation is 1. The molecule has 2 amide bonds. The van der Waals surface area contributed by atoms with Crippen molar-refractivity contribution in [2.75, 3.05) is 13.1 Å². The number of β-amino-alcohol motifs (C(OH)–C–C–N with tert-alkyl or cyclic N) is 1. The third-order valence-corrected chi connectivity index (χ3v) is 6.27. The summed E-state index contributed by atoms with van der Waals surface area (Å²) in [5.74, 6) is -0.112. The highest BCUT2D eigenvalue weighted by Crippen LogP contribution is 2.28. The number of fused-ring (bicyclic) bond motifs is 2. The van der Waals surface area contributed by atoms with Gasteiger partial charge in [0.2, 0.25) is 11.8 Å². The zero-order valence-electron chi connectivity index (χ0n) is 17.9. The van der Waals surface area contributed by atoms with Crippen LogP contribution < -0.4 is 5.73 Å². The van der Waals surface area contributed by atoms with E-state index in [0.29, 0.717) is 42.4 Å². The number of rotatable bonds is 6. The van der Waals surface area contributed by atoms with E-state index in [0.717, 1.165) is 16.7 Å². The van der Waals surface area contributed by atoms with E-state index in [2.05, 4.69) is 9.97 Å². The third-order valence-electron chi connectivity index (χ3n) is 6.27. The predicted molar refractivity (Wildman–Crippen MR) is 121 cm³/mol. The number of nitrogens with two attached hydrogens (primary N) is 1. The number of likely N-dealkylation sites (tertiary alicyclic amines) is 1. The topological polar surface area (TPSA) is 117 Å². The van der Waals surface area contributed by atoms with Crippen LogP contribution in [0.2, 0.25) is 0 Å². The maximum Gasteiger partial charge on any atom is 0.248 e. The Balaban J connectivity index is 1.21. The number of H-pyrrole nitrogens is 1. The molecule has 2 aromatic carbocycles. The van der Waals surface area contributed by atoms with Crippen LogP contribution in [0.15, 0.2) is 48.7 Å². The van der Waals surface area contributed by atoms with Crippen LogP contribution in [0.25, 0.3) is 21.9 Å². The van der Waals surface area contributed by atoms with Crippen LogP contribution in [-0.4, -0.2) is 55.5 Å². The normalized spacial score (nSPS) is 18.4. The second-order valence-corrected chi connectivity index (χ2v) is 8.49. The number of aromatic nitrogens is 3. The fourth-order valence-corrected chi connectivity index (χ4v) is 4.57. The van der Waals surface area contributed by atoms with Crippen molar-refractivity contribution < 1.29 is 19.1 Å². The van der Waals surface area contributed by atoms with Gasteiger partial charge in [-0.15, -0.1) is 0 Å². The van der Waals surface area contributed by atoms with E-state index in [4.69, 9.17) is 5.73 Å². The van der Waals surface area contributed by atoms with Gasteiger partial charge in [-0.1, -0.05) is 0 Å². The first kappa shape index (κ1) is 21.1. The van der Waals surface area contributed by atoms with E-state index >= 15 is 0 Å². The molecule has 3 heterocycles. The van der Waals surface area contributed by atoms with Crippen LogP contribution >= 0.6 is 0 Å². The van der Waals surface area contributed by atoms with E-state index in [1.54, 1.807) is 23.1 Å². The van der Waals surface area contributed by atoms with Gasteiger partial charge >= 0.3 is 0 Å². The Kier molecular flexibility index (Phi) is 5.33. The lowest BCUT2D eigenvalue weighted by Gasteiger charge is -2.18. The Hall–Kier alpha value is -3.72. The number of carbonyl (C=O) groups excluding carboxylic acids is 2. The lowest BCUT2D eigenvalue weighted by Crippen LogP contribution is -2.29. The van der Waals surface area contributed by atoms with Crippen molar-refractivity contribution in [2.24, 2.45) is 5.73 Å². The molecule has 0 radical (unpaired) electrons. The van der Waals surface area contributed by atoms with Crippen molar-refractivity contribution in [3.05, 3.63) is 65.9 Å². The monoisotopic (exact) mass is 449 g/mol. The number of halogens is 1. The Labute approximate surface area is 188 Å². The molecule has 1 fully saturated rings. The molecule has 0 aliphatic carbocycles. The van der Waals surface area contributed by atoms with E-state index in [9.17, 15) is 19.1 Å². The summed E-state index contributed by atoms with van der Waals surface area (Å²) < 4.78 is 15.3. The zero-order chi connectivity index (χ0) is 23.1. The summed E-state index contributed by atoms with van der Waals surface area (Å²) in [5.41, 5.74) is 8.00. The van der Waals surface area contributed by atoms with Gasteiger partial charge in [0, 0.05) is 48.6 Å². The molecule has 1 aliphatic rings. The van der Waals surface area contributed by atoms with E-state index in [1.807, 2.05) is 22.9 Å². The second-order valence-electron chi connectivity index (χ2n) is 8.49. The summed E-state index contributed by atoms with van der Waals surface area (Å²) in [6, 6.07) is 11.2. The van der Waals surface area contributed by atoms with Gasteiger partial charge in [0.15, 0.2) is 0 Å². The SMILES string of the molecule is NC(=O)c1ccc2c(ccn2[C@@H]2CN(C(=O)CCCc3nc4ccc(F)cc4[nH]3)C[C@H]2O)c1. The van der Waals surface area contributed by atoms with Crippen molar-refractivity contribution >= 4 is 33.8 Å². The maximum absolute atomic E-state index is 13.3. The van der Waals surface area contributed by atoms with Gasteiger partial charge in [0.25, 0.3) is 0 Å². The fourth-order valence-electron chi connectivity index (χ4n) is 4.57. The molecule has 33 heavy (non-hydrogen) atoms. The van der Waals surface area contributed by atoms with Gasteiger partial charge in [-0.2, -0.15) is 0 Å². The number of imidazole rings is 1. The van der Waals surface area contributed by atoms with Gasteiger partial charge in [0.1, 0.15) is 11.6 Å². The summed E-state index contributed by atoms with van der Waals surface area (Å²) in [5, 5.41) is 11.5. The number of hydrogen-bond donors (Lipinski definition) is 3. The van der Waals surface area contributed by atoms with E-state index in [-0.39, 0.29) is 24.3 Å². The van der Waals surface area contributed by atoms with Crippen LogP contribution in [0.3, 0.4) is 0 Å². The summed E-state index contributed by atoms with van der Waals surface area (Å²) in [6.07, 6.45) is 2.68. The van der Waals surface area contributed by atoms with Gasteiger partial charge < -0.3 is 25.3 Å². The van der Waals surface area contributed by atoms with Crippen LogP contribution in [-0.2, 0) is 11.2 Å². The number of benzene rings is 2. The smallest absolute Gasteiger partial charge is 0.248 e. The number of aliphatic hydroxyl groups is 1. The highest BCUT2D eigenvalue weighted by molar-refractivity contribution is 5.97. The minimum absolute atomic E-state index is 0.0221. The average Bonchev–Trinajstić information content (AvgIpc) is 3.48. The molecule has 0 spiro atoms. The van der Waals surface area contributed by atoms with Crippen LogP contribution in [0, 0.1) is 5.82 Å². The minimum Gasteiger partial charge on any atom is -0.389 e. The van der Waals surface area contributed by atoms with Crippen molar-refractivity contribution in [3.8, 4) is 0 Å². The molecule has 4 aromatic rings. The summed E-state index contributed by atoms with van der Waals surface area (Å²) in [6.45, 7) is 0.678. The van der Waals surface area contributed by atoms with Crippen molar-refractivity contribution in [1.29, 1.82) is 0 Å². The maximum atomic E-state index is 13.3. The summed E-state index contributed by atoms with van der Waals surface area (Å²) >= 11 is 0. The molecule has 0 unspecified atom stereocenters. The summed E-state index contributed by atoms with van der Waals surface area (Å²) in [4.78, 5) is 33.4. The molecule has 2 atom stereocenters. The largest absolute Gasteiger partial charge is 0.389 e. The van der Waals surface area contributed by atoms with Crippen LogP contribution in [0.5, 0.6) is 0 Å². The fraction of sp³-hybridized carbons (Fsp3) is 0.292. The molecule has 9 heteroatoms. The molecule has 8 nitrogen and oxygen atoms in total. The van der Waals surface area contributed by atoms with Crippen molar-refractivity contribution in [1.82, 2.24) is 19.4 Å². The highest BCUT2D eigenvalue weighted by Gasteiger charge is 2.35. The lowest BCUT2D eigenvalue weighted by molar-refractivity contribution is -0.130. The van der Waals surface area contributed by atoms with Crippen LogP contribution in [0.4, 0.5) is 4.39 Å². The number of amides is 2. The van der Waals surface area contributed by atoms with Gasteiger partial charge in [-0.05, 0) is 48.9 Å².